The van der Waals surface area contributed by atoms with Gasteiger partial charge in [-0.1, -0.05) is 6.92 Å². The average molecular weight is 260 g/mol. The minimum atomic E-state index is -1.33. The van der Waals surface area contributed by atoms with Crippen LogP contribution < -0.4 is 10.1 Å². The molecule has 1 aromatic carbocycles. The normalized spacial score (nSPS) is 10.4. The van der Waals surface area contributed by atoms with Gasteiger partial charge in [0.25, 0.3) is 0 Å². The molecule has 0 amide bonds. The molecule has 0 aliphatic heterocycles. The molecule has 0 radical (unpaired) electrons. The van der Waals surface area contributed by atoms with Crippen molar-refractivity contribution in [3.8, 4) is 5.75 Å². The Morgan fingerprint density at radius 3 is 2.72 bits per heavy atom. The number of rotatable bonds is 7. The first kappa shape index (κ1) is 14.3. The van der Waals surface area contributed by atoms with E-state index < -0.39 is 28.0 Å². The lowest BCUT2D eigenvalue weighted by Crippen LogP contribution is -2.22. The molecule has 0 saturated carbocycles. The molecule has 0 aliphatic carbocycles. The SMILES string of the molecule is CCCNCCOc1c([N+](=O)[O-])ccc(F)c1F. The highest BCUT2D eigenvalue weighted by Crippen LogP contribution is 2.31. The number of halogens is 2. The van der Waals surface area contributed by atoms with Crippen molar-refractivity contribution in [1.82, 2.24) is 5.32 Å². The average Bonchev–Trinajstić information content (AvgIpc) is 2.33. The Morgan fingerprint density at radius 2 is 2.11 bits per heavy atom. The highest BCUT2D eigenvalue weighted by atomic mass is 19.2. The van der Waals surface area contributed by atoms with Crippen molar-refractivity contribution in [2.45, 2.75) is 13.3 Å². The van der Waals surface area contributed by atoms with Crippen molar-refractivity contribution in [2.24, 2.45) is 0 Å². The third-order valence-electron chi connectivity index (χ3n) is 2.18. The Morgan fingerprint density at radius 1 is 1.39 bits per heavy atom. The van der Waals surface area contributed by atoms with E-state index in [2.05, 4.69) is 5.32 Å². The molecule has 0 fully saturated rings. The second kappa shape index (κ2) is 6.85. The van der Waals surface area contributed by atoms with Crippen molar-refractivity contribution in [1.29, 1.82) is 0 Å². The first-order valence-corrected chi connectivity index (χ1v) is 5.53. The van der Waals surface area contributed by atoms with Crippen LogP contribution in [0, 0.1) is 21.7 Å². The molecule has 0 saturated heterocycles. The van der Waals surface area contributed by atoms with Gasteiger partial charge in [-0.3, -0.25) is 10.1 Å². The van der Waals surface area contributed by atoms with Crippen LogP contribution in [0.1, 0.15) is 13.3 Å². The minimum absolute atomic E-state index is 0.0290. The fourth-order valence-corrected chi connectivity index (χ4v) is 1.33. The van der Waals surface area contributed by atoms with E-state index in [1.807, 2.05) is 6.92 Å². The van der Waals surface area contributed by atoms with Crippen LogP contribution in [0.5, 0.6) is 5.75 Å². The van der Waals surface area contributed by atoms with E-state index >= 15 is 0 Å². The highest BCUT2D eigenvalue weighted by Gasteiger charge is 2.22. The fourth-order valence-electron chi connectivity index (χ4n) is 1.33. The molecular weight excluding hydrogens is 246 g/mol. The van der Waals surface area contributed by atoms with Crippen molar-refractivity contribution in [3.05, 3.63) is 33.9 Å². The minimum Gasteiger partial charge on any atom is -0.483 e. The lowest BCUT2D eigenvalue weighted by atomic mass is 10.2. The summed E-state index contributed by atoms with van der Waals surface area (Å²) in [6, 6.07) is 1.59. The highest BCUT2D eigenvalue weighted by molar-refractivity contribution is 5.47. The van der Waals surface area contributed by atoms with Crippen LogP contribution in [0.4, 0.5) is 14.5 Å². The van der Waals surface area contributed by atoms with Crippen LogP contribution in [0.25, 0.3) is 0 Å². The van der Waals surface area contributed by atoms with Gasteiger partial charge in [0.1, 0.15) is 6.61 Å². The number of nitrogens with zero attached hydrogens (tertiary/aromatic N) is 1. The van der Waals surface area contributed by atoms with E-state index in [-0.39, 0.29) is 6.61 Å². The largest absolute Gasteiger partial charge is 0.483 e. The van der Waals surface area contributed by atoms with Gasteiger partial charge in [-0.15, -0.1) is 0 Å². The van der Waals surface area contributed by atoms with Crippen LogP contribution in [-0.4, -0.2) is 24.6 Å². The van der Waals surface area contributed by atoms with Crippen molar-refractivity contribution < 1.29 is 18.4 Å². The van der Waals surface area contributed by atoms with Crippen LogP contribution in [0.3, 0.4) is 0 Å². The summed E-state index contributed by atoms with van der Waals surface area (Å²) in [5, 5.41) is 13.6. The lowest BCUT2D eigenvalue weighted by Gasteiger charge is -2.08. The summed E-state index contributed by atoms with van der Waals surface area (Å²) in [4.78, 5) is 9.83. The Balaban J connectivity index is 2.73. The molecule has 0 bridgehead atoms. The molecule has 7 heteroatoms. The van der Waals surface area contributed by atoms with E-state index in [9.17, 15) is 18.9 Å². The number of nitro groups is 1. The standard InChI is InChI=1S/C11H14F2N2O3/c1-2-5-14-6-7-18-11-9(15(16)17)4-3-8(12)10(11)13/h3-4,14H,2,5-7H2,1H3. The molecule has 0 heterocycles. The van der Waals surface area contributed by atoms with Crippen molar-refractivity contribution in [2.75, 3.05) is 19.7 Å². The van der Waals surface area contributed by atoms with Crippen LogP contribution in [0.15, 0.2) is 12.1 Å². The number of nitrogens with one attached hydrogen (secondary N) is 1. The molecule has 5 nitrogen and oxygen atoms in total. The molecule has 1 rings (SSSR count). The summed E-state index contributed by atoms with van der Waals surface area (Å²) < 4.78 is 31.3. The number of ether oxygens (including phenoxy) is 1. The third kappa shape index (κ3) is 3.63. The molecule has 18 heavy (non-hydrogen) atoms. The van der Waals surface area contributed by atoms with Crippen LogP contribution >= 0.6 is 0 Å². The monoisotopic (exact) mass is 260 g/mol. The van der Waals surface area contributed by atoms with Gasteiger partial charge >= 0.3 is 5.69 Å². The van der Waals surface area contributed by atoms with Gasteiger partial charge in [0.15, 0.2) is 5.82 Å². The second-order valence-electron chi connectivity index (χ2n) is 3.57. The molecule has 0 aliphatic rings. The molecule has 0 aromatic heterocycles. The topological polar surface area (TPSA) is 64.4 Å². The quantitative estimate of drug-likeness (QED) is 0.464. The smallest absolute Gasteiger partial charge is 0.314 e. The van der Waals surface area contributed by atoms with Gasteiger partial charge in [0.05, 0.1) is 4.92 Å². The summed E-state index contributed by atoms with van der Waals surface area (Å²) in [7, 11) is 0. The van der Waals surface area contributed by atoms with E-state index in [0.29, 0.717) is 12.6 Å². The van der Waals surface area contributed by atoms with Gasteiger partial charge in [0.2, 0.25) is 11.6 Å². The Kier molecular flexibility index (Phi) is 5.44. The van der Waals surface area contributed by atoms with Gasteiger partial charge in [0, 0.05) is 12.6 Å². The van der Waals surface area contributed by atoms with Crippen LogP contribution in [0.2, 0.25) is 0 Å². The second-order valence-corrected chi connectivity index (χ2v) is 3.57. The van der Waals surface area contributed by atoms with E-state index in [1.54, 1.807) is 0 Å². The molecule has 1 aromatic rings. The first-order chi connectivity index (χ1) is 8.57. The zero-order valence-corrected chi connectivity index (χ0v) is 9.91. The van der Waals surface area contributed by atoms with E-state index in [4.69, 9.17) is 4.74 Å². The van der Waals surface area contributed by atoms with Crippen molar-refractivity contribution >= 4 is 5.69 Å². The van der Waals surface area contributed by atoms with Crippen molar-refractivity contribution in [3.63, 3.8) is 0 Å². The molecule has 0 atom stereocenters. The van der Waals surface area contributed by atoms with Crippen LogP contribution in [-0.2, 0) is 0 Å². The maximum absolute atomic E-state index is 13.4. The summed E-state index contributed by atoms with van der Waals surface area (Å²) in [5.74, 6) is -3.16. The van der Waals surface area contributed by atoms with E-state index in [1.165, 1.54) is 0 Å². The first-order valence-electron chi connectivity index (χ1n) is 5.53. The molecule has 100 valence electrons. The van der Waals surface area contributed by atoms with Gasteiger partial charge in [-0.2, -0.15) is 4.39 Å². The summed E-state index contributed by atoms with van der Waals surface area (Å²) >= 11 is 0. The predicted octanol–water partition coefficient (Wildman–Crippen LogP) is 2.25. The summed E-state index contributed by atoms with van der Waals surface area (Å²) in [5.41, 5.74) is -0.579. The molecule has 0 spiro atoms. The number of hydrogen-bond acceptors (Lipinski definition) is 4. The Labute approximate surface area is 103 Å². The molecular formula is C11H14F2N2O3. The summed E-state index contributed by atoms with van der Waals surface area (Å²) in [6.45, 7) is 3.17. The zero-order chi connectivity index (χ0) is 13.5. The fraction of sp³-hybridized carbons (Fsp3) is 0.455. The maximum atomic E-state index is 13.4. The Bertz CT molecular complexity index is 427. The summed E-state index contributed by atoms with van der Waals surface area (Å²) in [6.07, 6.45) is 0.925. The number of nitro benzene ring substituents is 1. The van der Waals surface area contributed by atoms with Gasteiger partial charge in [-0.25, -0.2) is 4.39 Å². The third-order valence-corrected chi connectivity index (χ3v) is 2.18. The van der Waals surface area contributed by atoms with Gasteiger partial charge in [-0.05, 0) is 19.0 Å². The maximum Gasteiger partial charge on any atom is 0.314 e. The molecule has 0 unspecified atom stereocenters. The number of benzene rings is 1. The Hall–Kier alpha value is -1.76. The van der Waals surface area contributed by atoms with Gasteiger partial charge < -0.3 is 10.1 Å². The zero-order valence-electron chi connectivity index (χ0n) is 9.91. The number of hydrogen-bond donors (Lipinski definition) is 1. The molecule has 1 N–H and O–H groups in total. The van der Waals surface area contributed by atoms with E-state index in [0.717, 1.165) is 19.0 Å². The predicted molar refractivity (Wildman–Crippen MR) is 61.7 cm³/mol. The lowest BCUT2D eigenvalue weighted by molar-refractivity contribution is -0.386.